The Hall–Kier alpha value is -3.82. The number of hydrogen-bond donors (Lipinski definition) is 2. The number of likely N-dealkylation sites (N-methyl/N-ethyl adjacent to an activating group) is 1. The Labute approximate surface area is 203 Å². The maximum Gasteiger partial charge on any atom is 0.320 e. The van der Waals surface area contributed by atoms with Gasteiger partial charge in [-0.25, -0.2) is 14.5 Å². The molecule has 35 heavy (non-hydrogen) atoms. The summed E-state index contributed by atoms with van der Waals surface area (Å²) in [6, 6.07) is 15.8. The van der Waals surface area contributed by atoms with E-state index >= 15 is 0 Å². The maximum atomic E-state index is 13.0. The fourth-order valence-electron chi connectivity index (χ4n) is 5.42. The summed E-state index contributed by atoms with van der Waals surface area (Å²) >= 11 is 0. The summed E-state index contributed by atoms with van der Waals surface area (Å²) in [6.45, 7) is 4.03. The first-order valence-corrected chi connectivity index (χ1v) is 11.7. The number of ether oxygens (including phenoxy) is 1. The summed E-state index contributed by atoms with van der Waals surface area (Å²) in [4.78, 5) is 24.1. The lowest BCUT2D eigenvalue weighted by Crippen LogP contribution is -2.61. The molecule has 2 aliphatic rings. The third-order valence-corrected chi connectivity index (χ3v) is 7.21. The van der Waals surface area contributed by atoms with E-state index in [1.165, 1.54) is 5.56 Å². The Morgan fingerprint density at radius 3 is 2.69 bits per heavy atom. The van der Waals surface area contributed by atoms with E-state index in [2.05, 4.69) is 49.8 Å². The van der Waals surface area contributed by atoms with Gasteiger partial charge in [-0.1, -0.05) is 30.3 Å². The molecule has 3 aromatic heterocycles. The van der Waals surface area contributed by atoms with Gasteiger partial charge in [0.05, 0.1) is 48.4 Å². The second kappa shape index (κ2) is 8.44. The molecule has 0 aliphatic carbocycles. The molecule has 2 amide bonds. The first-order valence-electron chi connectivity index (χ1n) is 11.7. The number of nitrogens with zero attached hydrogens (tertiary/aromatic N) is 5. The fraction of sp³-hybridized carbons (Fsp3) is 0.308. The van der Waals surface area contributed by atoms with Gasteiger partial charge in [-0.15, -0.1) is 0 Å². The van der Waals surface area contributed by atoms with Crippen molar-refractivity contribution in [2.75, 3.05) is 32.1 Å². The second-order valence-corrected chi connectivity index (χ2v) is 9.41. The zero-order valence-corrected chi connectivity index (χ0v) is 19.7. The molecule has 6 rings (SSSR count). The molecule has 1 spiro atoms. The number of carbonyl (C=O) groups is 1. The molecule has 4 aromatic rings. The number of urea groups is 1. The smallest absolute Gasteiger partial charge is 0.320 e. The molecule has 0 saturated carbocycles. The summed E-state index contributed by atoms with van der Waals surface area (Å²) < 4.78 is 7.44. The highest BCUT2D eigenvalue weighted by atomic mass is 16.5. The van der Waals surface area contributed by atoms with Gasteiger partial charge < -0.3 is 10.1 Å². The summed E-state index contributed by atoms with van der Waals surface area (Å²) in [5, 5.41) is 11.5. The minimum absolute atomic E-state index is 0.0484. The Bertz CT molecular complexity index is 1380. The standard InChI is InChI=1S/C26H27N7O2/c1-17-10-20(8-9-27-17)33-22-13-28-23(11-19(22)12-29-33)31-25(34)30-21-14-32(2)26(15-35-16-26)24(21)18-6-4-3-5-7-18/h3-13,21,24H,14-16H2,1-2H3,(H2,28,30,31,34)/t21-,24+/m0/s1. The van der Waals surface area contributed by atoms with E-state index in [0.29, 0.717) is 19.0 Å². The van der Waals surface area contributed by atoms with Crippen molar-refractivity contribution in [2.45, 2.75) is 24.4 Å². The van der Waals surface area contributed by atoms with Crippen molar-refractivity contribution in [1.29, 1.82) is 0 Å². The molecule has 5 heterocycles. The van der Waals surface area contributed by atoms with Gasteiger partial charge in [0, 0.05) is 29.7 Å². The van der Waals surface area contributed by atoms with Crippen LogP contribution in [-0.4, -0.2) is 69.1 Å². The average Bonchev–Trinajstić information content (AvgIpc) is 3.37. The van der Waals surface area contributed by atoms with E-state index in [4.69, 9.17) is 4.74 Å². The van der Waals surface area contributed by atoms with E-state index in [1.807, 2.05) is 48.0 Å². The van der Waals surface area contributed by atoms with Crippen LogP contribution in [0.2, 0.25) is 0 Å². The number of aryl methyl sites for hydroxylation is 1. The molecule has 0 radical (unpaired) electrons. The number of aromatic nitrogens is 4. The van der Waals surface area contributed by atoms with Crippen molar-refractivity contribution in [3.8, 4) is 5.69 Å². The maximum absolute atomic E-state index is 13.0. The molecule has 0 unspecified atom stereocenters. The van der Waals surface area contributed by atoms with Gasteiger partial charge in [0.1, 0.15) is 5.82 Å². The van der Waals surface area contributed by atoms with Gasteiger partial charge in [0.25, 0.3) is 0 Å². The molecule has 2 N–H and O–H groups in total. The predicted molar refractivity (Wildman–Crippen MR) is 133 cm³/mol. The van der Waals surface area contributed by atoms with Crippen LogP contribution in [0.15, 0.2) is 67.1 Å². The van der Waals surface area contributed by atoms with Crippen molar-refractivity contribution in [2.24, 2.45) is 0 Å². The van der Waals surface area contributed by atoms with Crippen LogP contribution in [0.5, 0.6) is 0 Å². The lowest BCUT2D eigenvalue weighted by Gasteiger charge is -2.48. The minimum Gasteiger partial charge on any atom is -0.377 e. The number of amides is 2. The van der Waals surface area contributed by atoms with Crippen LogP contribution in [0.25, 0.3) is 16.6 Å². The van der Waals surface area contributed by atoms with Crippen molar-refractivity contribution in [3.05, 3.63) is 78.4 Å². The van der Waals surface area contributed by atoms with Crippen LogP contribution in [-0.2, 0) is 4.74 Å². The molecular formula is C26H27N7O2. The van der Waals surface area contributed by atoms with Gasteiger partial charge in [0.2, 0.25) is 0 Å². The van der Waals surface area contributed by atoms with Gasteiger partial charge in [-0.05, 0) is 37.7 Å². The van der Waals surface area contributed by atoms with Gasteiger partial charge in [0.15, 0.2) is 0 Å². The fourth-order valence-corrected chi connectivity index (χ4v) is 5.42. The molecular weight excluding hydrogens is 442 g/mol. The molecule has 178 valence electrons. The number of hydrogen-bond acceptors (Lipinski definition) is 6. The van der Waals surface area contributed by atoms with Gasteiger partial charge >= 0.3 is 6.03 Å². The topological polar surface area (TPSA) is 97.2 Å². The lowest BCUT2D eigenvalue weighted by atomic mass is 9.76. The zero-order valence-electron chi connectivity index (χ0n) is 19.7. The van der Waals surface area contributed by atoms with E-state index in [0.717, 1.165) is 28.8 Å². The molecule has 2 fully saturated rings. The van der Waals surface area contributed by atoms with Crippen molar-refractivity contribution in [1.82, 2.24) is 30.0 Å². The number of likely N-dealkylation sites (tertiary alicyclic amines) is 1. The number of pyridine rings is 2. The zero-order chi connectivity index (χ0) is 24.0. The third kappa shape index (κ3) is 3.73. The van der Waals surface area contributed by atoms with Crippen LogP contribution in [0.1, 0.15) is 17.2 Å². The summed E-state index contributed by atoms with van der Waals surface area (Å²) in [5.74, 6) is 0.621. The predicted octanol–water partition coefficient (Wildman–Crippen LogP) is 3.11. The first kappa shape index (κ1) is 21.7. The quantitative estimate of drug-likeness (QED) is 0.477. The molecule has 2 aliphatic heterocycles. The highest BCUT2D eigenvalue weighted by Crippen LogP contribution is 2.45. The Balaban J connectivity index is 1.21. The lowest BCUT2D eigenvalue weighted by molar-refractivity contribution is -0.123. The number of fused-ring (bicyclic) bond motifs is 1. The van der Waals surface area contributed by atoms with E-state index in [-0.39, 0.29) is 23.5 Å². The summed E-state index contributed by atoms with van der Waals surface area (Å²) in [7, 11) is 2.11. The molecule has 9 nitrogen and oxygen atoms in total. The SMILES string of the molecule is Cc1cc(-n2ncc3cc(NC(=O)N[C@H]4CN(C)C5(COC5)[C@@H]4c4ccccc4)ncc32)ccn1. The van der Waals surface area contributed by atoms with Gasteiger partial charge in [-0.2, -0.15) is 5.10 Å². The van der Waals surface area contributed by atoms with Crippen molar-refractivity contribution < 1.29 is 9.53 Å². The normalized spacial score (nSPS) is 21.2. The van der Waals surface area contributed by atoms with E-state index < -0.39 is 0 Å². The largest absolute Gasteiger partial charge is 0.377 e. The van der Waals surface area contributed by atoms with Crippen molar-refractivity contribution >= 4 is 22.8 Å². The third-order valence-electron chi connectivity index (χ3n) is 7.21. The van der Waals surface area contributed by atoms with E-state index in [9.17, 15) is 4.79 Å². The number of carbonyl (C=O) groups excluding carboxylic acids is 1. The second-order valence-electron chi connectivity index (χ2n) is 9.41. The number of nitrogens with one attached hydrogen (secondary N) is 2. The number of anilines is 1. The van der Waals surface area contributed by atoms with Gasteiger partial charge in [-0.3, -0.25) is 15.2 Å². The highest BCUT2D eigenvalue weighted by Gasteiger charge is 2.57. The Kier molecular flexibility index (Phi) is 5.23. The highest BCUT2D eigenvalue weighted by molar-refractivity contribution is 5.91. The van der Waals surface area contributed by atoms with Crippen LogP contribution in [0.4, 0.5) is 10.6 Å². The van der Waals surface area contributed by atoms with Crippen LogP contribution >= 0.6 is 0 Å². The molecule has 1 aromatic carbocycles. The number of rotatable bonds is 4. The Morgan fingerprint density at radius 2 is 1.94 bits per heavy atom. The summed E-state index contributed by atoms with van der Waals surface area (Å²) in [6.07, 6.45) is 5.26. The Morgan fingerprint density at radius 1 is 1.11 bits per heavy atom. The van der Waals surface area contributed by atoms with Crippen LogP contribution < -0.4 is 10.6 Å². The van der Waals surface area contributed by atoms with Crippen molar-refractivity contribution in [3.63, 3.8) is 0 Å². The number of benzene rings is 1. The molecule has 9 heteroatoms. The molecule has 0 bridgehead atoms. The first-order chi connectivity index (χ1) is 17.0. The average molecular weight is 470 g/mol. The minimum atomic E-state index is -0.273. The summed E-state index contributed by atoms with van der Waals surface area (Å²) in [5.41, 5.74) is 3.81. The molecule has 2 atom stereocenters. The van der Waals surface area contributed by atoms with Crippen LogP contribution in [0, 0.1) is 6.92 Å². The molecule has 2 saturated heterocycles. The van der Waals surface area contributed by atoms with Crippen LogP contribution in [0.3, 0.4) is 0 Å². The van der Waals surface area contributed by atoms with E-state index in [1.54, 1.807) is 18.6 Å². The monoisotopic (exact) mass is 469 g/mol.